The van der Waals surface area contributed by atoms with E-state index in [1.807, 2.05) is 30.3 Å². The molecule has 2 aromatic carbocycles. The predicted octanol–water partition coefficient (Wildman–Crippen LogP) is 6.20. The maximum atomic E-state index is 14.4. The monoisotopic (exact) mass is 567 g/mol. The molecular formula is C33H49N3O5. The van der Waals surface area contributed by atoms with Crippen LogP contribution < -0.4 is 10.6 Å². The van der Waals surface area contributed by atoms with Gasteiger partial charge in [-0.2, -0.15) is 0 Å². The number of aromatic hydroxyl groups is 1. The van der Waals surface area contributed by atoms with Gasteiger partial charge in [-0.05, 0) is 51.7 Å². The molecule has 0 aromatic heterocycles. The van der Waals surface area contributed by atoms with Crippen LogP contribution in [-0.4, -0.2) is 52.6 Å². The molecule has 41 heavy (non-hydrogen) atoms. The van der Waals surface area contributed by atoms with Gasteiger partial charge in [0.15, 0.2) is 0 Å². The second-order valence-corrected chi connectivity index (χ2v) is 11.5. The number of para-hydroxylation sites is 1. The van der Waals surface area contributed by atoms with Crippen LogP contribution >= 0.6 is 0 Å². The maximum Gasteiger partial charge on any atom is 0.408 e. The van der Waals surface area contributed by atoms with Crippen molar-refractivity contribution in [2.24, 2.45) is 0 Å². The molecule has 0 bridgehead atoms. The van der Waals surface area contributed by atoms with E-state index in [1.165, 1.54) is 4.90 Å². The molecule has 2 aromatic rings. The lowest BCUT2D eigenvalue weighted by Gasteiger charge is -2.35. The number of carbonyl (C=O) groups excluding carboxylic acids is 3. The zero-order valence-electron chi connectivity index (χ0n) is 25.7. The largest absolute Gasteiger partial charge is 0.507 e. The molecule has 226 valence electrons. The van der Waals surface area contributed by atoms with Gasteiger partial charge in [0.25, 0.3) is 0 Å². The second kappa shape index (κ2) is 16.7. The number of benzene rings is 2. The Morgan fingerprint density at radius 3 is 2.22 bits per heavy atom. The van der Waals surface area contributed by atoms with Crippen LogP contribution in [0.25, 0.3) is 0 Å². The average molecular weight is 568 g/mol. The molecule has 2 rings (SSSR count). The van der Waals surface area contributed by atoms with Crippen molar-refractivity contribution in [3.05, 3.63) is 65.2 Å². The Balaban J connectivity index is 2.56. The smallest absolute Gasteiger partial charge is 0.408 e. The molecule has 0 spiro atoms. The summed E-state index contributed by atoms with van der Waals surface area (Å²) < 4.78 is 5.50. The molecule has 8 heteroatoms. The summed E-state index contributed by atoms with van der Waals surface area (Å²) in [5.41, 5.74) is 1.08. The van der Waals surface area contributed by atoms with Crippen LogP contribution in [0.5, 0.6) is 5.75 Å². The van der Waals surface area contributed by atoms with Gasteiger partial charge in [-0.25, -0.2) is 4.79 Å². The predicted molar refractivity (Wildman–Crippen MR) is 163 cm³/mol. The molecule has 0 radical (unpaired) electrons. The van der Waals surface area contributed by atoms with Crippen molar-refractivity contribution in [1.29, 1.82) is 0 Å². The highest BCUT2D eigenvalue weighted by Crippen LogP contribution is 2.33. The van der Waals surface area contributed by atoms with Gasteiger partial charge in [0, 0.05) is 25.1 Å². The average Bonchev–Trinajstić information content (AvgIpc) is 2.91. The van der Waals surface area contributed by atoms with Crippen LogP contribution in [0, 0.1) is 6.92 Å². The van der Waals surface area contributed by atoms with Gasteiger partial charge in [0.1, 0.15) is 23.4 Å². The summed E-state index contributed by atoms with van der Waals surface area (Å²) in [6.07, 6.45) is 4.75. The number of alkyl carbamates (subject to hydrolysis) is 1. The van der Waals surface area contributed by atoms with Crippen molar-refractivity contribution in [3.8, 4) is 5.75 Å². The van der Waals surface area contributed by atoms with Gasteiger partial charge in [-0.15, -0.1) is 0 Å². The summed E-state index contributed by atoms with van der Waals surface area (Å²) >= 11 is 0. The third-order valence-corrected chi connectivity index (χ3v) is 6.76. The molecule has 0 aliphatic rings. The summed E-state index contributed by atoms with van der Waals surface area (Å²) in [5.74, 6) is -0.790. The first-order valence-electron chi connectivity index (χ1n) is 14.9. The quantitative estimate of drug-likeness (QED) is 0.222. The zero-order valence-corrected chi connectivity index (χ0v) is 25.7. The molecular weight excluding hydrogens is 518 g/mol. The molecule has 0 heterocycles. The number of phenols is 1. The third-order valence-electron chi connectivity index (χ3n) is 6.76. The fourth-order valence-corrected chi connectivity index (χ4v) is 4.63. The highest BCUT2D eigenvalue weighted by atomic mass is 16.6. The molecule has 2 atom stereocenters. The van der Waals surface area contributed by atoms with Crippen molar-refractivity contribution in [1.82, 2.24) is 15.5 Å². The fraction of sp³-hybridized carbons (Fsp3) is 0.545. The van der Waals surface area contributed by atoms with Gasteiger partial charge in [-0.3, -0.25) is 9.59 Å². The van der Waals surface area contributed by atoms with Gasteiger partial charge >= 0.3 is 6.09 Å². The van der Waals surface area contributed by atoms with Crippen LogP contribution in [0.4, 0.5) is 4.79 Å². The Hall–Kier alpha value is -3.55. The molecule has 2 unspecified atom stereocenters. The number of unbranched alkanes of at least 4 members (excludes halogenated alkanes) is 4. The molecule has 0 aliphatic carbocycles. The van der Waals surface area contributed by atoms with Crippen molar-refractivity contribution >= 4 is 17.9 Å². The molecule has 0 fully saturated rings. The molecule has 8 nitrogen and oxygen atoms in total. The molecule has 0 saturated heterocycles. The number of hydrogen-bond donors (Lipinski definition) is 3. The summed E-state index contributed by atoms with van der Waals surface area (Å²) in [6, 6.07) is 12.6. The highest BCUT2D eigenvalue weighted by molar-refractivity contribution is 5.92. The molecule has 3 amide bonds. The van der Waals surface area contributed by atoms with Crippen LogP contribution in [0.15, 0.2) is 48.5 Å². The van der Waals surface area contributed by atoms with Crippen molar-refractivity contribution < 1.29 is 24.2 Å². The van der Waals surface area contributed by atoms with Crippen molar-refractivity contribution in [2.75, 3.05) is 13.1 Å². The lowest BCUT2D eigenvalue weighted by Crippen LogP contribution is -2.54. The Kier molecular flexibility index (Phi) is 13.7. The Labute approximate surface area is 245 Å². The summed E-state index contributed by atoms with van der Waals surface area (Å²) in [7, 11) is 0. The molecule has 0 aliphatic heterocycles. The number of amides is 3. The molecule has 3 N–H and O–H groups in total. The van der Waals surface area contributed by atoms with E-state index in [4.69, 9.17) is 4.74 Å². The minimum atomic E-state index is -1.07. The number of nitrogens with one attached hydrogen (secondary N) is 2. The van der Waals surface area contributed by atoms with Crippen LogP contribution in [0.3, 0.4) is 0 Å². The normalized spacial score (nSPS) is 12.7. The van der Waals surface area contributed by atoms with Crippen LogP contribution in [0.1, 0.15) is 95.9 Å². The van der Waals surface area contributed by atoms with Crippen LogP contribution in [-0.2, 0) is 20.7 Å². The minimum absolute atomic E-state index is 0.0192. The van der Waals surface area contributed by atoms with E-state index in [1.54, 1.807) is 45.9 Å². The number of rotatable bonds is 15. The van der Waals surface area contributed by atoms with E-state index in [0.29, 0.717) is 24.1 Å². The van der Waals surface area contributed by atoms with Gasteiger partial charge < -0.3 is 25.4 Å². The van der Waals surface area contributed by atoms with Crippen molar-refractivity contribution in [2.45, 2.75) is 104 Å². The first-order valence-corrected chi connectivity index (χ1v) is 14.9. The first kappa shape index (κ1) is 33.7. The number of ether oxygens (including phenoxy) is 1. The molecule has 0 saturated carbocycles. The van der Waals surface area contributed by atoms with Crippen LogP contribution in [0.2, 0.25) is 0 Å². The third kappa shape index (κ3) is 11.1. The number of phenolic OH excluding ortho intramolecular Hbond substituents is 1. The fourth-order valence-electron chi connectivity index (χ4n) is 4.63. The van der Waals surface area contributed by atoms with Gasteiger partial charge in [-0.1, -0.05) is 88.1 Å². The topological polar surface area (TPSA) is 108 Å². The Bertz CT molecular complexity index is 1110. The van der Waals surface area contributed by atoms with E-state index in [-0.39, 0.29) is 24.6 Å². The Morgan fingerprint density at radius 1 is 0.927 bits per heavy atom. The number of hydrogen-bond acceptors (Lipinski definition) is 5. The van der Waals surface area contributed by atoms with E-state index in [2.05, 4.69) is 24.5 Å². The van der Waals surface area contributed by atoms with E-state index < -0.39 is 29.7 Å². The zero-order chi connectivity index (χ0) is 30.4. The second-order valence-electron chi connectivity index (χ2n) is 11.5. The summed E-state index contributed by atoms with van der Waals surface area (Å²) in [6.45, 7) is 12.0. The lowest BCUT2D eigenvalue weighted by atomic mass is 9.97. The summed E-state index contributed by atoms with van der Waals surface area (Å²) in [4.78, 5) is 42.7. The minimum Gasteiger partial charge on any atom is -0.507 e. The number of carbonyl (C=O) groups is 3. The van der Waals surface area contributed by atoms with Crippen molar-refractivity contribution in [3.63, 3.8) is 0 Å². The van der Waals surface area contributed by atoms with E-state index in [9.17, 15) is 19.5 Å². The lowest BCUT2D eigenvalue weighted by molar-refractivity contribution is -0.142. The Morgan fingerprint density at radius 2 is 1.59 bits per heavy atom. The highest BCUT2D eigenvalue weighted by Gasteiger charge is 2.37. The summed E-state index contributed by atoms with van der Waals surface area (Å²) in [5, 5.41) is 16.8. The standard InChI is InChI=1S/C33H49N3O5/c1-7-9-14-21-34-30(38)28(26-20-16-17-24(3)29(26)37)36(22-15-10-8-2)31(39)27(23-25-18-12-11-13-19-25)35-32(40)41-33(4,5)6/h11-13,16-20,27-28,37H,7-10,14-15,21-23H2,1-6H3,(H,34,38)(H,35,40). The SMILES string of the molecule is CCCCCNC(=O)C(c1cccc(C)c1O)N(CCCCC)C(=O)C(Cc1ccccc1)NC(=O)OC(C)(C)C. The number of aryl methyl sites for hydroxylation is 1. The van der Waals surface area contributed by atoms with Gasteiger partial charge in [0.2, 0.25) is 11.8 Å². The number of nitrogens with zero attached hydrogens (tertiary/aromatic N) is 1. The van der Waals surface area contributed by atoms with Gasteiger partial charge in [0.05, 0.1) is 0 Å². The van der Waals surface area contributed by atoms with E-state index >= 15 is 0 Å². The first-order chi connectivity index (χ1) is 19.5. The van der Waals surface area contributed by atoms with E-state index in [0.717, 1.165) is 37.7 Å². The maximum absolute atomic E-state index is 14.4.